The molecule has 0 saturated carbocycles. The number of carbonyl (C=O) groups excluding carboxylic acids is 1. The highest BCUT2D eigenvalue weighted by atomic mass is 16.6. The lowest BCUT2D eigenvalue weighted by Crippen LogP contribution is -2.43. The Hall–Kier alpha value is -2.18. The number of ether oxygens (including phenoxy) is 1. The highest BCUT2D eigenvalue weighted by Crippen LogP contribution is 2.20. The van der Waals surface area contributed by atoms with Crippen molar-refractivity contribution in [1.82, 2.24) is 19.6 Å². The lowest BCUT2D eigenvalue weighted by Gasteiger charge is -2.31. The highest BCUT2D eigenvalue weighted by Gasteiger charge is 2.27. The van der Waals surface area contributed by atoms with E-state index in [1.165, 1.54) is 6.33 Å². The third-order valence-corrected chi connectivity index (χ3v) is 3.21. The molecule has 2 heterocycles. The lowest BCUT2D eigenvalue weighted by atomic mass is 10.2. The summed E-state index contributed by atoms with van der Waals surface area (Å²) in [6.45, 7) is 11.9. The predicted octanol–water partition coefficient (Wildman–Crippen LogP) is 1.99. The van der Waals surface area contributed by atoms with E-state index in [1.54, 1.807) is 4.52 Å². The van der Waals surface area contributed by atoms with E-state index in [1.807, 2.05) is 52.5 Å². The second-order valence-electron chi connectivity index (χ2n) is 6.22. The summed E-state index contributed by atoms with van der Waals surface area (Å²) >= 11 is 0. The average molecular weight is 305 g/mol. The first-order chi connectivity index (χ1) is 10.2. The van der Waals surface area contributed by atoms with Crippen LogP contribution in [0.3, 0.4) is 0 Å². The number of anilines is 1. The van der Waals surface area contributed by atoms with E-state index in [4.69, 9.17) is 4.74 Å². The van der Waals surface area contributed by atoms with E-state index in [2.05, 4.69) is 15.1 Å². The number of carbonyl (C=O) groups is 1. The smallest absolute Gasteiger partial charge is 0.329 e. The van der Waals surface area contributed by atoms with Gasteiger partial charge < -0.3 is 9.64 Å². The predicted molar refractivity (Wildman–Crippen MR) is 83.8 cm³/mol. The number of hydrogen-bond acceptors (Lipinski definition) is 6. The van der Waals surface area contributed by atoms with Crippen molar-refractivity contribution in [2.45, 2.75) is 53.2 Å². The molecule has 0 bridgehead atoms. The molecule has 0 aliphatic carbocycles. The molecule has 7 heteroatoms. The van der Waals surface area contributed by atoms with Crippen molar-refractivity contribution in [3.05, 3.63) is 18.1 Å². The SMILES string of the molecule is CCN(c1cc(C)nc2ncnn12)C(C)C(=O)OC(C)(C)C. The maximum atomic E-state index is 12.4. The Morgan fingerprint density at radius 2 is 2.14 bits per heavy atom. The fraction of sp³-hybridized carbons (Fsp3) is 0.600. The van der Waals surface area contributed by atoms with Gasteiger partial charge in [-0.25, -0.2) is 9.78 Å². The summed E-state index contributed by atoms with van der Waals surface area (Å²) in [5.41, 5.74) is 0.312. The normalized spacial score (nSPS) is 13.2. The van der Waals surface area contributed by atoms with Gasteiger partial charge in [0.1, 0.15) is 23.8 Å². The minimum Gasteiger partial charge on any atom is -0.458 e. The minimum atomic E-state index is -0.512. The van der Waals surface area contributed by atoms with Crippen LogP contribution in [0.2, 0.25) is 0 Å². The van der Waals surface area contributed by atoms with Crippen LogP contribution in [0.25, 0.3) is 5.78 Å². The summed E-state index contributed by atoms with van der Waals surface area (Å²) in [6, 6.07) is 1.46. The Morgan fingerprint density at radius 3 is 2.73 bits per heavy atom. The summed E-state index contributed by atoms with van der Waals surface area (Å²) in [7, 11) is 0. The molecule has 0 aromatic carbocycles. The molecule has 22 heavy (non-hydrogen) atoms. The van der Waals surface area contributed by atoms with Crippen molar-refractivity contribution in [3.63, 3.8) is 0 Å². The lowest BCUT2D eigenvalue weighted by molar-refractivity contribution is -0.156. The van der Waals surface area contributed by atoms with Crippen LogP contribution in [0.1, 0.15) is 40.3 Å². The third-order valence-electron chi connectivity index (χ3n) is 3.21. The topological polar surface area (TPSA) is 72.6 Å². The van der Waals surface area contributed by atoms with Gasteiger partial charge in [-0.15, -0.1) is 0 Å². The van der Waals surface area contributed by atoms with E-state index < -0.39 is 11.6 Å². The molecule has 2 aromatic rings. The molecule has 2 rings (SSSR count). The zero-order valence-corrected chi connectivity index (χ0v) is 14.0. The molecule has 0 aliphatic rings. The number of likely N-dealkylation sites (N-methyl/N-ethyl adjacent to an activating group) is 1. The summed E-state index contributed by atoms with van der Waals surface area (Å²) in [4.78, 5) is 22.7. The van der Waals surface area contributed by atoms with E-state index in [0.717, 1.165) is 11.5 Å². The van der Waals surface area contributed by atoms with Crippen molar-refractivity contribution < 1.29 is 9.53 Å². The standard InChI is InChI=1S/C15H23N5O2/c1-7-19(11(3)13(21)22-15(4,5)6)12-8-10(2)18-14-16-9-17-20(12)14/h8-9,11H,7H2,1-6H3. The Balaban J connectivity index is 2.38. The van der Waals surface area contributed by atoms with Gasteiger partial charge >= 0.3 is 5.97 Å². The number of nitrogens with zero attached hydrogens (tertiary/aromatic N) is 5. The monoisotopic (exact) mass is 305 g/mol. The van der Waals surface area contributed by atoms with E-state index in [9.17, 15) is 4.79 Å². The largest absolute Gasteiger partial charge is 0.458 e. The number of aryl methyl sites for hydroxylation is 1. The first-order valence-corrected chi connectivity index (χ1v) is 7.40. The number of esters is 1. The zero-order chi connectivity index (χ0) is 16.5. The molecule has 0 radical (unpaired) electrons. The van der Waals surface area contributed by atoms with Gasteiger partial charge in [-0.1, -0.05) is 0 Å². The molecule has 0 amide bonds. The summed E-state index contributed by atoms with van der Waals surface area (Å²) in [5, 5.41) is 4.19. The van der Waals surface area contributed by atoms with Gasteiger partial charge in [0.25, 0.3) is 5.78 Å². The van der Waals surface area contributed by atoms with Gasteiger partial charge in [-0.2, -0.15) is 14.6 Å². The van der Waals surface area contributed by atoms with Crippen LogP contribution in [-0.2, 0) is 9.53 Å². The van der Waals surface area contributed by atoms with Crippen molar-refractivity contribution in [2.75, 3.05) is 11.4 Å². The van der Waals surface area contributed by atoms with Gasteiger partial charge in [0.15, 0.2) is 0 Å². The molecule has 7 nitrogen and oxygen atoms in total. The van der Waals surface area contributed by atoms with Crippen LogP contribution in [-0.4, -0.2) is 43.7 Å². The van der Waals surface area contributed by atoms with E-state index in [-0.39, 0.29) is 5.97 Å². The zero-order valence-electron chi connectivity index (χ0n) is 14.0. The number of hydrogen-bond donors (Lipinski definition) is 0. The molecule has 0 fully saturated rings. The summed E-state index contributed by atoms with van der Waals surface area (Å²) < 4.78 is 7.12. The second kappa shape index (κ2) is 5.90. The maximum Gasteiger partial charge on any atom is 0.329 e. The van der Waals surface area contributed by atoms with Crippen molar-refractivity contribution in [1.29, 1.82) is 0 Å². The molecule has 2 aromatic heterocycles. The number of rotatable bonds is 4. The quantitative estimate of drug-likeness (QED) is 0.804. The Labute approximate surface area is 130 Å². The van der Waals surface area contributed by atoms with Crippen LogP contribution in [0.5, 0.6) is 0 Å². The van der Waals surface area contributed by atoms with Crippen LogP contribution < -0.4 is 4.90 Å². The third kappa shape index (κ3) is 3.35. The maximum absolute atomic E-state index is 12.4. The minimum absolute atomic E-state index is 0.267. The molecule has 1 unspecified atom stereocenters. The molecule has 0 spiro atoms. The molecule has 0 N–H and O–H groups in total. The highest BCUT2D eigenvalue weighted by molar-refractivity contribution is 5.79. The first-order valence-electron chi connectivity index (χ1n) is 7.40. The summed E-state index contributed by atoms with van der Waals surface area (Å²) in [5.74, 6) is 1.03. The van der Waals surface area contributed by atoms with E-state index in [0.29, 0.717) is 12.3 Å². The Kier molecular flexibility index (Phi) is 4.35. The molecular formula is C15H23N5O2. The first kappa shape index (κ1) is 16.2. The molecule has 1 atom stereocenters. The van der Waals surface area contributed by atoms with Crippen LogP contribution >= 0.6 is 0 Å². The van der Waals surface area contributed by atoms with Gasteiger partial charge in [0.2, 0.25) is 0 Å². The van der Waals surface area contributed by atoms with Crippen molar-refractivity contribution >= 4 is 17.6 Å². The van der Waals surface area contributed by atoms with Crippen molar-refractivity contribution in [2.24, 2.45) is 0 Å². The van der Waals surface area contributed by atoms with Crippen LogP contribution in [0.15, 0.2) is 12.4 Å². The van der Waals surface area contributed by atoms with Crippen LogP contribution in [0.4, 0.5) is 5.82 Å². The number of aromatic nitrogens is 4. The second-order valence-corrected chi connectivity index (χ2v) is 6.22. The average Bonchev–Trinajstić information content (AvgIpc) is 2.85. The van der Waals surface area contributed by atoms with Crippen molar-refractivity contribution in [3.8, 4) is 0 Å². The number of fused-ring (bicyclic) bond motifs is 1. The van der Waals surface area contributed by atoms with Gasteiger partial charge in [0.05, 0.1) is 0 Å². The molecular weight excluding hydrogens is 282 g/mol. The fourth-order valence-corrected chi connectivity index (χ4v) is 2.26. The van der Waals surface area contributed by atoms with Crippen LogP contribution in [0, 0.1) is 6.92 Å². The molecule has 0 saturated heterocycles. The van der Waals surface area contributed by atoms with E-state index >= 15 is 0 Å². The molecule has 120 valence electrons. The Morgan fingerprint density at radius 1 is 1.45 bits per heavy atom. The van der Waals surface area contributed by atoms with Gasteiger partial charge in [0, 0.05) is 18.3 Å². The molecule has 0 aliphatic heterocycles. The Bertz CT molecular complexity index is 674. The van der Waals surface area contributed by atoms with Gasteiger partial charge in [-0.05, 0) is 41.5 Å². The fourth-order valence-electron chi connectivity index (χ4n) is 2.26. The summed E-state index contributed by atoms with van der Waals surface area (Å²) in [6.07, 6.45) is 1.46. The van der Waals surface area contributed by atoms with Gasteiger partial charge in [-0.3, -0.25) is 0 Å².